The minimum absolute atomic E-state index is 0.0180. The molecule has 0 radical (unpaired) electrons. The molecular weight excluding hydrogens is 368 g/mol. The fourth-order valence-corrected chi connectivity index (χ4v) is 10.5. The maximum Gasteiger partial charge on any atom is 0.122 e. The molecule has 6 fully saturated rings. The van der Waals surface area contributed by atoms with Gasteiger partial charge in [0.1, 0.15) is 5.72 Å². The highest BCUT2D eigenvalue weighted by Gasteiger charge is 2.68. The van der Waals surface area contributed by atoms with Gasteiger partial charge in [-0.2, -0.15) is 0 Å². The van der Waals surface area contributed by atoms with E-state index in [4.69, 9.17) is 10.5 Å². The van der Waals surface area contributed by atoms with E-state index in [0.717, 1.165) is 42.1 Å². The SMILES string of the molecule is C[C@@H]1CC[C@@]2(NC1)O[C@H]1C[C@H]3[C@@H]4CCC5C[C@@H](N)CC[C@]5(C)[C@H]4CC[C@]3(C)[C@H]1[C@@H]2C. The lowest BCUT2D eigenvalue weighted by Crippen LogP contribution is -2.57. The van der Waals surface area contributed by atoms with Gasteiger partial charge >= 0.3 is 0 Å². The number of fused-ring (bicyclic) bond motifs is 7. The van der Waals surface area contributed by atoms with Crippen LogP contribution in [-0.2, 0) is 4.74 Å². The number of hydrogen-bond acceptors (Lipinski definition) is 3. The molecule has 0 aromatic rings. The molecule has 2 aliphatic heterocycles. The van der Waals surface area contributed by atoms with Gasteiger partial charge in [-0.1, -0.05) is 27.7 Å². The van der Waals surface area contributed by atoms with Crippen molar-refractivity contribution in [3.05, 3.63) is 0 Å². The van der Waals surface area contributed by atoms with E-state index in [0.29, 0.717) is 28.9 Å². The highest BCUT2D eigenvalue weighted by Crippen LogP contribution is 2.70. The summed E-state index contributed by atoms with van der Waals surface area (Å²) >= 11 is 0. The Kier molecular flexibility index (Phi) is 4.58. The van der Waals surface area contributed by atoms with Crippen LogP contribution < -0.4 is 11.1 Å². The molecule has 2 saturated heterocycles. The van der Waals surface area contributed by atoms with Crippen LogP contribution in [0.15, 0.2) is 0 Å². The molecule has 6 aliphatic rings. The largest absolute Gasteiger partial charge is 0.357 e. The lowest BCUT2D eigenvalue weighted by Gasteiger charge is -2.61. The molecule has 0 bridgehead atoms. The first-order chi connectivity index (χ1) is 14.3. The first-order valence-electron chi connectivity index (χ1n) is 13.5. The van der Waals surface area contributed by atoms with Gasteiger partial charge in [0.25, 0.3) is 0 Å². The zero-order valence-corrected chi connectivity index (χ0v) is 20.0. The fourth-order valence-electron chi connectivity index (χ4n) is 10.5. The topological polar surface area (TPSA) is 47.3 Å². The summed E-state index contributed by atoms with van der Waals surface area (Å²) in [6.45, 7) is 11.4. The third kappa shape index (κ3) is 2.61. The fraction of sp³-hybridized carbons (Fsp3) is 1.00. The summed E-state index contributed by atoms with van der Waals surface area (Å²) in [6.07, 6.45) is 14.1. The second-order valence-electron chi connectivity index (χ2n) is 13.4. The van der Waals surface area contributed by atoms with E-state index in [-0.39, 0.29) is 5.72 Å². The van der Waals surface area contributed by atoms with E-state index in [9.17, 15) is 0 Å². The van der Waals surface area contributed by atoms with Gasteiger partial charge in [-0.15, -0.1) is 0 Å². The van der Waals surface area contributed by atoms with Crippen LogP contribution in [-0.4, -0.2) is 24.4 Å². The van der Waals surface area contributed by atoms with Crippen LogP contribution >= 0.6 is 0 Å². The summed E-state index contributed by atoms with van der Waals surface area (Å²) in [5.41, 5.74) is 7.44. The highest BCUT2D eigenvalue weighted by atomic mass is 16.5. The van der Waals surface area contributed by atoms with E-state index in [1.807, 2.05) is 0 Å². The quantitative estimate of drug-likeness (QED) is 0.563. The Balaban J connectivity index is 1.26. The number of piperidine rings is 1. The predicted octanol–water partition coefficient (Wildman–Crippen LogP) is 5.33. The number of hydrogen-bond donors (Lipinski definition) is 2. The molecule has 3 N–H and O–H groups in total. The van der Waals surface area contributed by atoms with Crippen LogP contribution in [0.4, 0.5) is 0 Å². The molecule has 3 heteroatoms. The van der Waals surface area contributed by atoms with Gasteiger partial charge in [-0.05, 0) is 111 Å². The summed E-state index contributed by atoms with van der Waals surface area (Å²) in [5.74, 6) is 5.87. The molecule has 170 valence electrons. The minimum Gasteiger partial charge on any atom is -0.357 e. The highest BCUT2D eigenvalue weighted by molar-refractivity contribution is 5.16. The maximum atomic E-state index is 7.03. The van der Waals surface area contributed by atoms with E-state index in [1.54, 1.807) is 0 Å². The lowest BCUT2D eigenvalue weighted by molar-refractivity contribution is -0.133. The van der Waals surface area contributed by atoms with Crippen molar-refractivity contribution in [2.75, 3.05) is 6.54 Å². The smallest absolute Gasteiger partial charge is 0.122 e. The van der Waals surface area contributed by atoms with Crippen molar-refractivity contribution in [2.24, 2.45) is 58.0 Å². The minimum atomic E-state index is -0.0180. The third-order valence-corrected chi connectivity index (χ3v) is 12.2. The van der Waals surface area contributed by atoms with Crippen LogP contribution in [0.3, 0.4) is 0 Å². The van der Waals surface area contributed by atoms with Gasteiger partial charge in [0, 0.05) is 18.5 Å². The second-order valence-corrected chi connectivity index (χ2v) is 13.4. The van der Waals surface area contributed by atoms with Crippen LogP contribution in [0.25, 0.3) is 0 Å². The van der Waals surface area contributed by atoms with Gasteiger partial charge in [0.05, 0.1) is 6.10 Å². The summed E-state index contributed by atoms with van der Waals surface area (Å²) in [4.78, 5) is 0. The van der Waals surface area contributed by atoms with E-state index in [1.165, 1.54) is 64.2 Å². The molecular formula is C27H46N2O. The monoisotopic (exact) mass is 414 g/mol. The molecule has 30 heavy (non-hydrogen) atoms. The molecule has 2 heterocycles. The molecule has 0 aromatic carbocycles. The van der Waals surface area contributed by atoms with E-state index < -0.39 is 0 Å². The third-order valence-electron chi connectivity index (χ3n) is 12.2. The Morgan fingerprint density at radius 2 is 1.67 bits per heavy atom. The first kappa shape index (κ1) is 20.5. The van der Waals surface area contributed by atoms with Crippen molar-refractivity contribution in [1.29, 1.82) is 0 Å². The summed E-state index contributed by atoms with van der Waals surface area (Å²) in [5, 5.41) is 3.90. The van der Waals surface area contributed by atoms with Crippen molar-refractivity contribution in [3.8, 4) is 0 Å². The molecule has 4 aliphatic carbocycles. The summed E-state index contributed by atoms with van der Waals surface area (Å²) in [6, 6.07) is 0.468. The molecule has 3 nitrogen and oxygen atoms in total. The molecule has 0 aromatic heterocycles. The maximum absolute atomic E-state index is 7.03. The average Bonchev–Trinajstić information content (AvgIpc) is 3.16. The molecule has 1 unspecified atom stereocenters. The number of ether oxygens (including phenoxy) is 1. The summed E-state index contributed by atoms with van der Waals surface area (Å²) < 4.78 is 7.03. The predicted molar refractivity (Wildman–Crippen MR) is 122 cm³/mol. The number of rotatable bonds is 0. The number of nitrogens with one attached hydrogen (secondary N) is 1. The molecule has 6 rings (SSSR count). The average molecular weight is 415 g/mol. The van der Waals surface area contributed by atoms with Crippen molar-refractivity contribution in [3.63, 3.8) is 0 Å². The van der Waals surface area contributed by atoms with Gasteiger partial charge in [0.2, 0.25) is 0 Å². The first-order valence-corrected chi connectivity index (χ1v) is 13.5. The molecule has 1 spiro atoms. The van der Waals surface area contributed by atoms with E-state index in [2.05, 4.69) is 33.0 Å². The van der Waals surface area contributed by atoms with Crippen LogP contribution in [0.1, 0.15) is 91.9 Å². The van der Waals surface area contributed by atoms with Crippen LogP contribution in [0, 0.1) is 52.3 Å². The van der Waals surface area contributed by atoms with Gasteiger partial charge in [-0.3, -0.25) is 5.32 Å². The Hall–Kier alpha value is -0.120. The van der Waals surface area contributed by atoms with Crippen molar-refractivity contribution in [1.82, 2.24) is 5.32 Å². The Bertz CT molecular complexity index is 686. The molecule has 12 atom stereocenters. The molecule has 0 amide bonds. The van der Waals surface area contributed by atoms with Gasteiger partial charge in [0.15, 0.2) is 0 Å². The standard InChI is InChI=1S/C27H46N2O/c1-16-7-12-27(29-15-16)17(2)24-23(30-27)14-22-20-6-5-18-13-19(28)8-10-25(18,3)21(20)9-11-26(22,24)4/h16-24,29H,5-15,28H2,1-4H3/t16-,17+,18?,19+,20-,21+,22+,23+,24+,25+,26+,27-/m1/s1. The summed E-state index contributed by atoms with van der Waals surface area (Å²) in [7, 11) is 0. The second kappa shape index (κ2) is 6.70. The number of nitrogens with two attached hydrogens (primary N) is 1. The van der Waals surface area contributed by atoms with Crippen molar-refractivity contribution in [2.45, 2.75) is 110 Å². The normalized spacial score (nSPS) is 62.5. The van der Waals surface area contributed by atoms with Gasteiger partial charge < -0.3 is 10.5 Å². The van der Waals surface area contributed by atoms with E-state index >= 15 is 0 Å². The lowest BCUT2D eigenvalue weighted by atomic mass is 9.44. The van der Waals surface area contributed by atoms with Crippen LogP contribution in [0.2, 0.25) is 0 Å². The van der Waals surface area contributed by atoms with Crippen LogP contribution in [0.5, 0.6) is 0 Å². The Labute approximate surface area is 184 Å². The molecule has 4 saturated carbocycles. The van der Waals surface area contributed by atoms with Crippen molar-refractivity contribution < 1.29 is 4.74 Å². The zero-order valence-electron chi connectivity index (χ0n) is 20.0. The van der Waals surface area contributed by atoms with Gasteiger partial charge in [-0.25, -0.2) is 0 Å². The Morgan fingerprint density at radius 3 is 2.43 bits per heavy atom. The Morgan fingerprint density at radius 1 is 0.867 bits per heavy atom. The zero-order chi connectivity index (χ0) is 20.9. The van der Waals surface area contributed by atoms with Crippen molar-refractivity contribution >= 4 is 0 Å².